The molecule has 1 amide bonds. The van der Waals surface area contributed by atoms with E-state index in [0.29, 0.717) is 12.0 Å². The molecule has 0 radical (unpaired) electrons. The fourth-order valence-corrected chi connectivity index (χ4v) is 2.45. The predicted octanol–water partition coefficient (Wildman–Crippen LogP) is 4.73. The minimum absolute atomic E-state index is 0.235. The van der Waals surface area contributed by atoms with Crippen LogP contribution in [-0.4, -0.2) is 28.9 Å². The normalized spacial score (nSPS) is 12.2. The molecule has 0 fully saturated rings. The number of carbonyl (C=O) groups excluding carboxylic acids is 2. The average molecular weight is 387 g/mol. The number of halogens is 1. The molecule has 0 aliphatic heterocycles. The lowest BCUT2D eigenvalue weighted by Gasteiger charge is -2.29. The first kappa shape index (κ1) is 21.4. The van der Waals surface area contributed by atoms with E-state index in [-0.39, 0.29) is 19.0 Å². The first-order valence-electron chi connectivity index (χ1n) is 9.09. The SMILES string of the molecule is CC(C=O)N(Cc1ccc(OCc2cccc(F)c2)cc1)C(=O)OC(C)(C)C. The molecule has 0 spiro atoms. The summed E-state index contributed by atoms with van der Waals surface area (Å²) < 4.78 is 24.3. The van der Waals surface area contributed by atoms with Gasteiger partial charge < -0.3 is 14.3 Å². The predicted molar refractivity (Wildman–Crippen MR) is 104 cm³/mol. The molecule has 2 aromatic carbocycles. The lowest BCUT2D eigenvalue weighted by molar-refractivity contribution is -0.112. The third-order valence-corrected chi connectivity index (χ3v) is 3.89. The van der Waals surface area contributed by atoms with Crippen LogP contribution < -0.4 is 4.74 Å². The van der Waals surface area contributed by atoms with Gasteiger partial charge in [-0.3, -0.25) is 4.90 Å². The molecule has 1 atom stereocenters. The summed E-state index contributed by atoms with van der Waals surface area (Å²) in [5.41, 5.74) is 0.921. The Hall–Kier alpha value is -2.89. The Balaban J connectivity index is 2.01. The van der Waals surface area contributed by atoms with E-state index < -0.39 is 17.7 Å². The van der Waals surface area contributed by atoms with Gasteiger partial charge in [0, 0.05) is 6.54 Å². The van der Waals surface area contributed by atoms with E-state index >= 15 is 0 Å². The third kappa shape index (κ3) is 6.68. The molecule has 5 nitrogen and oxygen atoms in total. The van der Waals surface area contributed by atoms with Gasteiger partial charge in [-0.15, -0.1) is 0 Å². The summed E-state index contributed by atoms with van der Waals surface area (Å²) in [6.45, 7) is 7.47. The third-order valence-electron chi connectivity index (χ3n) is 3.89. The first-order chi connectivity index (χ1) is 13.2. The molecular formula is C22H26FNO4. The molecule has 2 rings (SSSR count). The van der Waals surface area contributed by atoms with Crippen LogP contribution in [0.3, 0.4) is 0 Å². The molecule has 0 saturated carbocycles. The van der Waals surface area contributed by atoms with Crippen LogP contribution in [0.15, 0.2) is 48.5 Å². The van der Waals surface area contributed by atoms with Crippen LogP contribution in [0.4, 0.5) is 9.18 Å². The van der Waals surface area contributed by atoms with E-state index in [4.69, 9.17) is 9.47 Å². The van der Waals surface area contributed by atoms with Crippen molar-refractivity contribution in [3.8, 4) is 5.75 Å². The maximum atomic E-state index is 13.2. The van der Waals surface area contributed by atoms with E-state index in [0.717, 1.165) is 11.1 Å². The van der Waals surface area contributed by atoms with Gasteiger partial charge in [0.15, 0.2) is 0 Å². The van der Waals surface area contributed by atoms with Crippen LogP contribution >= 0.6 is 0 Å². The van der Waals surface area contributed by atoms with Crippen molar-refractivity contribution in [2.24, 2.45) is 0 Å². The number of aldehydes is 1. The minimum Gasteiger partial charge on any atom is -0.489 e. The Bertz CT molecular complexity index is 799. The summed E-state index contributed by atoms with van der Waals surface area (Å²) >= 11 is 0. The van der Waals surface area contributed by atoms with E-state index in [2.05, 4.69) is 0 Å². The second kappa shape index (κ2) is 9.35. The van der Waals surface area contributed by atoms with Crippen LogP contribution in [0.1, 0.15) is 38.8 Å². The molecule has 0 aliphatic carbocycles. The maximum absolute atomic E-state index is 13.2. The maximum Gasteiger partial charge on any atom is 0.411 e. The summed E-state index contributed by atoms with van der Waals surface area (Å²) in [5, 5.41) is 0. The second-order valence-corrected chi connectivity index (χ2v) is 7.55. The molecule has 2 aromatic rings. The summed E-state index contributed by atoms with van der Waals surface area (Å²) in [5.74, 6) is 0.322. The van der Waals surface area contributed by atoms with E-state index in [1.165, 1.54) is 17.0 Å². The summed E-state index contributed by atoms with van der Waals surface area (Å²) in [6, 6.07) is 12.8. The standard InChI is InChI=1S/C22H26FNO4/c1-16(14-25)24(21(26)28-22(2,3)4)13-17-8-10-20(11-9-17)27-15-18-6-5-7-19(23)12-18/h5-12,14,16H,13,15H2,1-4H3. The van der Waals surface area contributed by atoms with Gasteiger partial charge in [-0.2, -0.15) is 0 Å². The van der Waals surface area contributed by atoms with Gasteiger partial charge in [0.25, 0.3) is 0 Å². The van der Waals surface area contributed by atoms with Gasteiger partial charge >= 0.3 is 6.09 Å². The zero-order valence-electron chi connectivity index (χ0n) is 16.6. The van der Waals surface area contributed by atoms with E-state index in [9.17, 15) is 14.0 Å². The Kier molecular flexibility index (Phi) is 7.15. The molecule has 0 N–H and O–H groups in total. The minimum atomic E-state index is -0.646. The van der Waals surface area contributed by atoms with Crippen molar-refractivity contribution in [3.05, 3.63) is 65.5 Å². The molecule has 150 valence electrons. The Morgan fingerprint density at radius 3 is 2.39 bits per heavy atom. The second-order valence-electron chi connectivity index (χ2n) is 7.55. The van der Waals surface area contributed by atoms with Crippen LogP contribution in [0, 0.1) is 5.82 Å². The highest BCUT2D eigenvalue weighted by atomic mass is 19.1. The van der Waals surface area contributed by atoms with Crippen molar-refractivity contribution in [2.75, 3.05) is 0 Å². The van der Waals surface area contributed by atoms with Crippen molar-refractivity contribution < 1.29 is 23.5 Å². The molecule has 0 bridgehead atoms. The van der Waals surface area contributed by atoms with Crippen molar-refractivity contribution >= 4 is 12.4 Å². The van der Waals surface area contributed by atoms with Crippen molar-refractivity contribution in [2.45, 2.75) is 52.5 Å². The van der Waals surface area contributed by atoms with Crippen LogP contribution in [0.5, 0.6) is 5.75 Å². The van der Waals surface area contributed by atoms with E-state index in [1.807, 2.05) is 12.1 Å². The van der Waals surface area contributed by atoms with Gasteiger partial charge in [-0.25, -0.2) is 9.18 Å². The smallest absolute Gasteiger partial charge is 0.411 e. The number of nitrogens with zero attached hydrogens (tertiary/aromatic N) is 1. The molecule has 0 aliphatic rings. The Morgan fingerprint density at radius 1 is 1.14 bits per heavy atom. The zero-order chi connectivity index (χ0) is 20.7. The molecule has 1 unspecified atom stereocenters. The van der Waals surface area contributed by atoms with Crippen LogP contribution in [0.2, 0.25) is 0 Å². The largest absolute Gasteiger partial charge is 0.489 e. The average Bonchev–Trinajstić information content (AvgIpc) is 2.63. The molecule has 28 heavy (non-hydrogen) atoms. The van der Waals surface area contributed by atoms with Crippen LogP contribution in [-0.2, 0) is 22.7 Å². The lowest BCUT2D eigenvalue weighted by Crippen LogP contribution is -2.42. The summed E-state index contributed by atoms with van der Waals surface area (Å²) in [7, 11) is 0. The monoisotopic (exact) mass is 387 g/mol. The summed E-state index contributed by atoms with van der Waals surface area (Å²) in [6.07, 6.45) is 0.166. The van der Waals surface area contributed by atoms with Gasteiger partial charge in [0.05, 0.1) is 6.04 Å². The fraction of sp³-hybridized carbons (Fsp3) is 0.364. The molecule has 0 saturated heterocycles. The highest BCUT2D eigenvalue weighted by Crippen LogP contribution is 2.18. The van der Waals surface area contributed by atoms with Crippen molar-refractivity contribution in [1.82, 2.24) is 4.90 Å². The zero-order valence-corrected chi connectivity index (χ0v) is 16.6. The Morgan fingerprint density at radius 2 is 1.82 bits per heavy atom. The van der Waals surface area contributed by atoms with Gasteiger partial charge in [-0.05, 0) is 63.1 Å². The van der Waals surface area contributed by atoms with Gasteiger partial charge in [0.1, 0.15) is 30.1 Å². The van der Waals surface area contributed by atoms with Crippen molar-refractivity contribution in [1.29, 1.82) is 0 Å². The number of amides is 1. The highest BCUT2D eigenvalue weighted by molar-refractivity contribution is 5.73. The fourth-order valence-electron chi connectivity index (χ4n) is 2.45. The van der Waals surface area contributed by atoms with E-state index in [1.54, 1.807) is 52.0 Å². The number of hydrogen-bond donors (Lipinski definition) is 0. The van der Waals surface area contributed by atoms with Gasteiger partial charge in [0.2, 0.25) is 0 Å². The first-order valence-corrected chi connectivity index (χ1v) is 9.09. The quantitative estimate of drug-likeness (QED) is 0.645. The lowest BCUT2D eigenvalue weighted by atomic mass is 10.1. The molecule has 0 heterocycles. The Labute approximate surface area is 165 Å². The number of hydrogen-bond acceptors (Lipinski definition) is 4. The number of ether oxygens (including phenoxy) is 2. The number of rotatable bonds is 7. The van der Waals surface area contributed by atoms with Crippen LogP contribution in [0.25, 0.3) is 0 Å². The highest BCUT2D eigenvalue weighted by Gasteiger charge is 2.26. The molecule has 6 heteroatoms. The number of benzene rings is 2. The molecular weight excluding hydrogens is 361 g/mol. The van der Waals surface area contributed by atoms with Crippen molar-refractivity contribution in [3.63, 3.8) is 0 Å². The topological polar surface area (TPSA) is 55.8 Å². The van der Waals surface area contributed by atoms with Gasteiger partial charge in [-0.1, -0.05) is 24.3 Å². The summed E-state index contributed by atoms with van der Waals surface area (Å²) in [4.78, 5) is 25.0. The number of carbonyl (C=O) groups is 2. The molecule has 0 aromatic heterocycles.